The summed E-state index contributed by atoms with van der Waals surface area (Å²) in [7, 11) is -3.57. The molecule has 4 nitrogen and oxygen atoms in total. The van der Waals surface area contributed by atoms with Crippen LogP contribution < -0.4 is 0 Å². The van der Waals surface area contributed by atoms with E-state index < -0.39 is 22.0 Å². The molecule has 0 radical (unpaired) electrons. The van der Waals surface area contributed by atoms with E-state index in [1.54, 1.807) is 6.92 Å². The quantitative estimate of drug-likeness (QED) is 0.772. The lowest BCUT2D eigenvalue weighted by Crippen LogP contribution is -2.14. The van der Waals surface area contributed by atoms with Crippen LogP contribution in [0.4, 0.5) is 4.39 Å². The molecule has 0 aromatic heterocycles. The number of ether oxygens (including phenoxy) is 1. The van der Waals surface area contributed by atoms with Gasteiger partial charge in [0.25, 0.3) is 0 Å². The SMILES string of the molecule is CCOC(=O)C(F)c1ccccc1S(C)(=O)=O. The molecule has 6 heteroatoms. The third kappa shape index (κ3) is 3.26. The van der Waals surface area contributed by atoms with Crippen molar-refractivity contribution in [2.75, 3.05) is 12.9 Å². The molecule has 0 N–H and O–H groups in total. The van der Waals surface area contributed by atoms with Crippen LogP contribution in [0.5, 0.6) is 0 Å². The molecule has 0 spiro atoms. The number of alkyl halides is 1. The molecule has 0 amide bonds. The van der Waals surface area contributed by atoms with Gasteiger partial charge in [0.2, 0.25) is 6.17 Å². The van der Waals surface area contributed by atoms with Crippen molar-refractivity contribution < 1.29 is 22.3 Å². The van der Waals surface area contributed by atoms with Crippen LogP contribution >= 0.6 is 0 Å². The van der Waals surface area contributed by atoms with Crippen LogP contribution in [0.1, 0.15) is 18.7 Å². The van der Waals surface area contributed by atoms with Gasteiger partial charge in [0.05, 0.1) is 11.5 Å². The Morgan fingerprint density at radius 3 is 2.53 bits per heavy atom. The van der Waals surface area contributed by atoms with Gasteiger partial charge in [-0.25, -0.2) is 17.6 Å². The van der Waals surface area contributed by atoms with Crippen molar-refractivity contribution in [2.45, 2.75) is 18.0 Å². The molecule has 1 aromatic rings. The topological polar surface area (TPSA) is 60.4 Å². The van der Waals surface area contributed by atoms with E-state index in [4.69, 9.17) is 0 Å². The fourth-order valence-corrected chi connectivity index (χ4v) is 2.30. The van der Waals surface area contributed by atoms with Crippen LogP contribution in [0.2, 0.25) is 0 Å². The van der Waals surface area contributed by atoms with Crippen LogP contribution in [0.15, 0.2) is 29.2 Å². The van der Waals surface area contributed by atoms with Crippen molar-refractivity contribution >= 4 is 15.8 Å². The summed E-state index contributed by atoms with van der Waals surface area (Å²) in [5.74, 6) is -1.08. The smallest absolute Gasteiger partial charge is 0.345 e. The van der Waals surface area contributed by atoms with Gasteiger partial charge in [-0.3, -0.25) is 0 Å². The summed E-state index contributed by atoms with van der Waals surface area (Å²) in [6.07, 6.45) is -1.12. The van der Waals surface area contributed by atoms with Gasteiger partial charge in [-0.05, 0) is 13.0 Å². The lowest BCUT2D eigenvalue weighted by Gasteiger charge is -2.11. The van der Waals surface area contributed by atoms with E-state index >= 15 is 0 Å². The number of carbonyl (C=O) groups excluding carboxylic acids is 1. The molecule has 0 bridgehead atoms. The molecule has 0 aliphatic rings. The average molecular weight is 260 g/mol. The Kier molecular flexibility index (Phi) is 4.22. The zero-order valence-electron chi connectivity index (χ0n) is 9.51. The summed E-state index contributed by atoms with van der Waals surface area (Å²) in [4.78, 5) is 11.0. The highest BCUT2D eigenvalue weighted by molar-refractivity contribution is 7.90. The van der Waals surface area contributed by atoms with Crippen LogP contribution in [0.3, 0.4) is 0 Å². The van der Waals surface area contributed by atoms with Gasteiger partial charge in [-0.2, -0.15) is 0 Å². The maximum Gasteiger partial charge on any atom is 0.345 e. The zero-order valence-corrected chi connectivity index (χ0v) is 10.3. The molecule has 1 atom stereocenters. The van der Waals surface area contributed by atoms with Gasteiger partial charge < -0.3 is 4.74 Å². The lowest BCUT2D eigenvalue weighted by atomic mass is 10.1. The number of carbonyl (C=O) groups is 1. The van der Waals surface area contributed by atoms with Gasteiger partial charge in [0.15, 0.2) is 9.84 Å². The van der Waals surface area contributed by atoms with Gasteiger partial charge >= 0.3 is 5.97 Å². The van der Waals surface area contributed by atoms with Gasteiger partial charge in [-0.15, -0.1) is 0 Å². The van der Waals surface area contributed by atoms with E-state index in [1.165, 1.54) is 24.3 Å². The largest absolute Gasteiger partial charge is 0.464 e. The molecule has 1 rings (SSSR count). The molecule has 1 unspecified atom stereocenters. The first-order chi connectivity index (χ1) is 7.88. The third-order valence-electron chi connectivity index (χ3n) is 2.09. The molecule has 0 aliphatic heterocycles. The van der Waals surface area contributed by atoms with Crippen LogP contribution in [0, 0.1) is 0 Å². The summed E-state index contributed by atoms with van der Waals surface area (Å²) >= 11 is 0. The summed E-state index contributed by atoms with van der Waals surface area (Å²) in [5.41, 5.74) is -0.187. The Morgan fingerprint density at radius 1 is 1.41 bits per heavy atom. The molecule has 0 heterocycles. The van der Waals surface area contributed by atoms with E-state index in [0.717, 1.165) is 6.26 Å². The van der Waals surface area contributed by atoms with Crippen molar-refractivity contribution in [1.82, 2.24) is 0 Å². The number of hydrogen-bond acceptors (Lipinski definition) is 4. The van der Waals surface area contributed by atoms with Crippen molar-refractivity contribution in [3.05, 3.63) is 29.8 Å². The maximum atomic E-state index is 13.8. The van der Waals surface area contributed by atoms with Crippen LogP contribution in [0.25, 0.3) is 0 Å². The zero-order chi connectivity index (χ0) is 13.1. The predicted molar refractivity (Wildman–Crippen MR) is 60.0 cm³/mol. The third-order valence-corrected chi connectivity index (χ3v) is 3.26. The highest BCUT2D eigenvalue weighted by atomic mass is 32.2. The predicted octanol–water partition coefficient (Wildman–Crippen LogP) is 1.66. The number of hydrogen-bond donors (Lipinski definition) is 0. The van der Waals surface area contributed by atoms with Gasteiger partial charge in [-0.1, -0.05) is 18.2 Å². The fraction of sp³-hybridized carbons (Fsp3) is 0.364. The van der Waals surface area contributed by atoms with Crippen molar-refractivity contribution in [2.24, 2.45) is 0 Å². The number of esters is 1. The fourth-order valence-electron chi connectivity index (χ4n) is 1.37. The number of rotatable bonds is 4. The van der Waals surface area contributed by atoms with E-state index in [2.05, 4.69) is 4.74 Å². The highest BCUT2D eigenvalue weighted by Crippen LogP contribution is 2.26. The minimum absolute atomic E-state index is 0.0420. The average Bonchev–Trinajstić information content (AvgIpc) is 2.27. The summed E-state index contributed by atoms with van der Waals surface area (Å²) in [5, 5.41) is 0. The van der Waals surface area contributed by atoms with Crippen molar-refractivity contribution in [1.29, 1.82) is 0 Å². The lowest BCUT2D eigenvalue weighted by molar-refractivity contribution is -0.149. The molecule has 0 saturated carbocycles. The van der Waals surface area contributed by atoms with Crippen LogP contribution in [-0.2, 0) is 19.4 Å². The minimum Gasteiger partial charge on any atom is -0.464 e. The van der Waals surface area contributed by atoms with E-state index in [9.17, 15) is 17.6 Å². The molecule has 17 heavy (non-hydrogen) atoms. The molecule has 94 valence electrons. The second-order valence-corrected chi connectivity index (χ2v) is 5.41. The number of halogens is 1. The van der Waals surface area contributed by atoms with Gasteiger partial charge in [0.1, 0.15) is 0 Å². The minimum atomic E-state index is -3.57. The Balaban J connectivity index is 3.19. The molecule has 0 saturated heterocycles. The Hall–Kier alpha value is -1.43. The molecule has 1 aromatic carbocycles. The molecular formula is C11H13FO4S. The highest BCUT2D eigenvalue weighted by Gasteiger charge is 2.26. The second kappa shape index (κ2) is 5.27. The standard InChI is InChI=1S/C11H13FO4S/c1-3-16-11(13)10(12)8-6-4-5-7-9(8)17(2,14)15/h4-7,10H,3H2,1-2H3. The summed E-state index contributed by atoms with van der Waals surface area (Å²) in [6, 6.07) is 5.46. The van der Waals surface area contributed by atoms with E-state index in [1.807, 2.05) is 0 Å². The Labute approximate surface area is 99.3 Å². The van der Waals surface area contributed by atoms with E-state index in [-0.39, 0.29) is 17.1 Å². The maximum absolute atomic E-state index is 13.8. The second-order valence-electron chi connectivity index (χ2n) is 3.42. The first kappa shape index (κ1) is 13.6. The normalized spacial score (nSPS) is 13.1. The molecule has 0 aliphatic carbocycles. The van der Waals surface area contributed by atoms with Crippen molar-refractivity contribution in [3.63, 3.8) is 0 Å². The first-order valence-electron chi connectivity index (χ1n) is 4.97. The van der Waals surface area contributed by atoms with Gasteiger partial charge in [0, 0.05) is 11.8 Å². The first-order valence-corrected chi connectivity index (χ1v) is 6.86. The van der Waals surface area contributed by atoms with E-state index in [0.29, 0.717) is 0 Å². The Morgan fingerprint density at radius 2 is 2.00 bits per heavy atom. The van der Waals surface area contributed by atoms with Crippen molar-refractivity contribution in [3.8, 4) is 0 Å². The number of benzene rings is 1. The van der Waals surface area contributed by atoms with Crippen LogP contribution in [-0.4, -0.2) is 27.2 Å². The monoisotopic (exact) mass is 260 g/mol. The molecular weight excluding hydrogens is 247 g/mol. The number of sulfone groups is 1. The Bertz CT molecular complexity index is 510. The molecule has 0 fully saturated rings. The summed E-state index contributed by atoms with van der Waals surface area (Å²) in [6.45, 7) is 1.59. The summed E-state index contributed by atoms with van der Waals surface area (Å²) < 4.78 is 41.1.